The summed E-state index contributed by atoms with van der Waals surface area (Å²) in [6.45, 7) is 0. The van der Waals surface area contributed by atoms with E-state index in [4.69, 9.17) is 10.7 Å². The number of nitrogens with one attached hydrogen (secondary N) is 1. The quantitative estimate of drug-likeness (QED) is 0.765. The molecular formula is C12H12N4O. The third kappa shape index (κ3) is 1.82. The van der Waals surface area contributed by atoms with E-state index in [1.807, 2.05) is 36.4 Å². The van der Waals surface area contributed by atoms with Crippen molar-refractivity contribution in [3.05, 3.63) is 54.4 Å². The number of para-hydroxylation sites is 1. The second-order valence-electron chi connectivity index (χ2n) is 3.77. The predicted octanol–water partition coefficient (Wildman–Crippen LogP) is 1.68. The Labute approximate surface area is 98.8 Å². The highest BCUT2D eigenvalue weighted by atomic mass is 16.7. The molecule has 1 unspecified atom stereocenters. The molecule has 86 valence electrons. The molecule has 5 heteroatoms. The normalized spacial score (nSPS) is 18.5. The van der Waals surface area contributed by atoms with Crippen molar-refractivity contribution in [3.63, 3.8) is 0 Å². The fraction of sp³-hybridized carbons (Fsp3) is 0.0833. The molecule has 1 aliphatic heterocycles. The Morgan fingerprint density at radius 2 is 1.94 bits per heavy atom. The average molecular weight is 228 g/mol. The summed E-state index contributed by atoms with van der Waals surface area (Å²) in [5.41, 5.74) is 1.97. The van der Waals surface area contributed by atoms with Gasteiger partial charge in [0.2, 0.25) is 0 Å². The van der Waals surface area contributed by atoms with Crippen molar-refractivity contribution >= 4 is 5.69 Å². The molecule has 0 bridgehead atoms. The molecule has 5 nitrogen and oxygen atoms in total. The molecule has 0 aliphatic carbocycles. The second kappa shape index (κ2) is 4.04. The van der Waals surface area contributed by atoms with Gasteiger partial charge in [0.25, 0.3) is 0 Å². The van der Waals surface area contributed by atoms with Crippen LogP contribution in [0, 0.1) is 0 Å². The molecule has 1 aromatic heterocycles. The molecule has 0 amide bonds. The first-order chi connectivity index (χ1) is 8.34. The number of rotatable bonds is 2. The van der Waals surface area contributed by atoms with Gasteiger partial charge < -0.3 is 10.2 Å². The van der Waals surface area contributed by atoms with Crippen LogP contribution in [0.4, 0.5) is 5.69 Å². The summed E-state index contributed by atoms with van der Waals surface area (Å²) in [5.74, 6) is 6.59. The Kier molecular flexibility index (Phi) is 2.40. The monoisotopic (exact) mass is 228 g/mol. The molecule has 2 heterocycles. The van der Waals surface area contributed by atoms with Crippen LogP contribution in [-0.4, -0.2) is 10.2 Å². The van der Waals surface area contributed by atoms with E-state index in [-0.39, 0.29) is 6.17 Å². The Morgan fingerprint density at radius 1 is 1.18 bits per heavy atom. The molecule has 0 saturated heterocycles. The molecule has 3 N–H and O–H groups in total. The molecule has 1 aliphatic rings. The third-order valence-corrected chi connectivity index (χ3v) is 2.66. The van der Waals surface area contributed by atoms with E-state index in [0.29, 0.717) is 0 Å². The summed E-state index contributed by atoms with van der Waals surface area (Å²) in [5, 5.41) is 4.59. The topological polar surface area (TPSA) is 63.4 Å². The minimum absolute atomic E-state index is 0.186. The van der Waals surface area contributed by atoms with Crippen LogP contribution in [0.15, 0.2) is 48.8 Å². The number of nitrogens with two attached hydrogens (primary N) is 1. The number of fused-ring (bicyclic) bond motifs is 1. The first-order valence-electron chi connectivity index (χ1n) is 5.32. The van der Waals surface area contributed by atoms with Crippen LogP contribution in [0.2, 0.25) is 0 Å². The van der Waals surface area contributed by atoms with Crippen LogP contribution in [0.3, 0.4) is 0 Å². The fourth-order valence-corrected chi connectivity index (χ4v) is 1.84. The first kappa shape index (κ1) is 10.1. The highest BCUT2D eigenvalue weighted by molar-refractivity contribution is 5.47. The lowest BCUT2D eigenvalue weighted by Crippen LogP contribution is -2.37. The standard InChI is InChI=1S/C12H12N4O/c13-16-12(15-9-5-7-14-8-6-9)10-3-1-2-4-11(10)17-16/h1-8,12H,13H2,(H,14,15). The first-order valence-corrected chi connectivity index (χ1v) is 5.32. The molecule has 2 aromatic rings. The van der Waals surface area contributed by atoms with Gasteiger partial charge >= 0.3 is 0 Å². The molecule has 0 fully saturated rings. The SMILES string of the molecule is NN1Oc2ccccc2C1Nc1ccncc1. The van der Waals surface area contributed by atoms with Gasteiger partial charge in [0.15, 0.2) is 11.9 Å². The number of benzene rings is 1. The molecule has 1 aromatic carbocycles. The maximum absolute atomic E-state index is 5.81. The molecule has 0 spiro atoms. The Balaban J connectivity index is 1.89. The van der Waals surface area contributed by atoms with Gasteiger partial charge in [-0.1, -0.05) is 23.4 Å². The van der Waals surface area contributed by atoms with Crippen LogP contribution < -0.4 is 16.0 Å². The third-order valence-electron chi connectivity index (χ3n) is 2.66. The highest BCUT2D eigenvalue weighted by Crippen LogP contribution is 2.35. The van der Waals surface area contributed by atoms with E-state index in [1.165, 1.54) is 5.17 Å². The van der Waals surface area contributed by atoms with Crippen molar-refractivity contribution in [3.8, 4) is 5.75 Å². The van der Waals surface area contributed by atoms with Gasteiger partial charge in [0, 0.05) is 23.6 Å². The van der Waals surface area contributed by atoms with Gasteiger partial charge in [-0.2, -0.15) is 0 Å². The van der Waals surface area contributed by atoms with Crippen molar-refractivity contribution in [2.45, 2.75) is 6.17 Å². The summed E-state index contributed by atoms with van der Waals surface area (Å²) in [4.78, 5) is 9.39. The van der Waals surface area contributed by atoms with Crippen molar-refractivity contribution in [2.24, 2.45) is 5.84 Å². The minimum atomic E-state index is -0.186. The van der Waals surface area contributed by atoms with E-state index >= 15 is 0 Å². The zero-order valence-electron chi connectivity index (χ0n) is 9.08. The zero-order chi connectivity index (χ0) is 11.7. The highest BCUT2D eigenvalue weighted by Gasteiger charge is 2.29. The Morgan fingerprint density at radius 3 is 2.76 bits per heavy atom. The van der Waals surface area contributed by atoms with E-state index < -0.39 is 0 Å². The summed E-state index contributed by atoms with van der Waals surface area (Å²) in [6.07, 6.45) is 3.27. The Hall–Kier alpha value is -2.11. The van der Waals surface area contributed by atoms with Gasteiger partial charge in [-0.15, -0.1) is 0 Å². The van der Waals surface area contributed by atoms with Gasteiger partial charge in [-0.05, 0) is 18.2 Å². The molecule has 3 rings (SSSR count). The second-order valence-corrected chi connectivity index (χ2v) is 3.77. The van der Waals surface area contributed by atoms with E-state index in [0.717, 1.165) is 17.0 Å². The number of anilines is 1. The summed E-state index contributed by atoms with van der Waals surface area (Å²) >= 11 is 0. The summed E-state index contributed by atoms with van der Waals surface area (Å²) in [6, 6.07) is 11.5. The number of pyridine rings is 1. The number of aromatic nitrogens is 1. The lowest BCUT2D eigenvalue weighted by Gasteiger charge is -2.19. The minimum Gasteiger partial charge on any atom is -0.388 e. The van der Waals surface area contributed by atoms with Crippen molar-refractivity contribution in [1.29, 1.82) is 0 Å². The van der Waals surface area contributed by atoms with E-state index in [1.54, 1.807) is 12.4 Å². The number of hydroxylamine groups is 1. The van der Waals surface area contributed by atoms with Crippen LogP contribution in [0.25, 0.3) is 0 Å². The van der Waals surface area contributed by atoms with Crippen LogP contribution in [-0.2, 0) is 0 Å². The van der Waals surface area contributed by atoms with Crippen LogP contribution in [0.1, 0.15) is 11.7 Å². The van der Waals surface area contributed by atoms with E-state index in [2.05, 4.69) is 10.3 Å². The van der Waals surface area contributed by atoms with Crippen molar-refractivity contribution < 1.29 is 4.84 Å². The smallest absolute Gasteiger partial charge is 0.160 e. The lowest BCUT2D eigenvalue weighted by molar-refractivity contribution is -0.0649. The molecule has 0 saturated carbocycles. The van der Waals surface area contributed by atoms with E-state index in [9.17, 15) is 0 Å². The van der Waals surface area contributed by atoms with Gasteiger partial charge in [0.1, 0.15) is 0 Å². The number of hydrogen-bond donors (Lipinski definition) is 2. The number of hydrazine groups is 1. The molecular weight excluding hydrogens is 216 g/mol. The number of nitrogens with zero attached hydrogens (tertiary/aromatic N) is 2. The van der Waals surface area contributed by atoms with Crippen LogP contribution in [0.5, 0.6) is 5.75 Å². The van der Waals surface area contributed by atoms with Crippen molar-refractivity contribution in [1.82, 2.24) is 10.2 Å². The zero-order valence-corrected chi connectivity index (χ0v) is 9.08. The molecule has 0 radical (unpaired) electrons. The van der Waals surface area contributed by atoms with Gasteiger partial charge in [-0.25, -0.2) is 5.84 Å². The van der Waals surface area contributed by atoms with Crippen molar-refractivity contribution in [2.75, 3.05) is 5.32 Å². The lowest BCUT2D eigenvalue weighted by atomic mass is 10.1. The fourth-order valence-electron chi connectivity index (χ4n) is 1.84. The van der Waals surface area contributed by atoms with Gasteiger partial charge in [-0.3, -0.25) is 4.98 Å². The molecule has 17 heavy (non-hydrogen) atoms. The molecule has 1 atom stereocenters. The predicted molar refractivity (Wildman–Crippen MR) is 63.7 cm³/mol. The van der Waals surface area contributed by atoms with Crippen LogP contribution >= 0.6 is 0 Å². The number of hydrogen-bond acceptors (Lipinski definition) is 5. The maximum atomic E-state index is 5.81. The largest absolute Gasteiger partial charge is 0.388 e. The summed E-state index contributed by atoms with van der Waals surface area (Å²) in [7, 11) is 0. The average Bonchev–Trinajstić information content (AvgIpc) is 2.68. The summed E-state index contributed by atoms with van der Waals surface area (Å²) < 4.78 is 0. The Bertz CT molecular complexity index is 517. The van der Waals surface area contributed by atoms with Gasteiger partial charge in [0.05, 0.1) is 0 Å². The maximum Gasteiger partial charge on any atom is 0.160 e.